The van der Waals surface area contributed by atoms with Crippen LogP contribution in [0, 0.1) is 6.92 Å². The molecule has 0 aromatic heterocycles. The zero-order chi connectivity index (χ0) is 18.1. The quantitative estimate of drug-likeness (QED) is 0.426. The average Bonchev–Trinajstić information content (AvgIpc) is 2.63. The lowest BCUT2D eigenvalue weighted by molar-refractivity contribution is 0.761. The van der Waals surface area contributed by atoms with Crippen LogP contribution in [0.5, 0.6) is 0 Å². The Labute approximate surface area is 156 Å². The van der Waals surface area contributed by atoms with E-state index in [0.717, 1.165) is 0 Å². The molecule has 0 aliphatic carbocycles. The number of hydrogen-bond donors (Lipinski definition) is 0. The van der Waals surface area contributed by atoms with Crippen LogP contribution < -0.4 is 10.6 Å². The molecule has 0 saturated carbocycles. The highest BCUT2D eigenvalue weighted by Gasteiger charge is 2.19. The van der Waals surface area contributed by atoms with Gasteiger partial charge in [0.25, 0.3) is 0 Å². The Balaban J connectivity index is 2.50. The van der Waals surface area contributed by atoms with Crippen LogP contribution in [0.25, 0.3) is 0 Å². The van der Waals surface area contributed by atoms with Gasteiger partial charge in [0.15, 0.2) is 0 Å². The van der Waals surface area contributed by atoms with Gasteiger partial charge in [-0.2, -0.15) is 0 Å². The van der Waals surface area contributed by atoms with Gasteiger partial charge in [-0.15, -0.1) is 0 Å². The van der Waals surface area contributed by atoms with Crippen LogP contribution in [0.3, 0.4) is 0 Å². The highest BCUT2D eigenvalue weighted by atomic mass is 31.1. The van der Waals surface area contributed by atoms with E-state index in [4.69, 9.17) is 0 Å². The predicted molar refractivity (Wildman–Crippen MR) is 116 cm³/mol. The van der Waals surface area contributed by atoms with Crippen LogP contribution in [0.4, 0.5) is 0 Å². The number of hydrogen-bond acceptors (Lipinski definition) is 0. The van der Waals surface area contributed by atoms with Gasteiger partial charge in [0, 0.05) is 0 Å². The number of rotatable bonds is 10. The molecule has 0 bridgehead atoms. The molecule has 0 heterocycles. The third-order valence-corrected chi connectivity index (χ3v) is 7.95. The maximum Gasteiger partial charge on any atom is -0.0160 e. The van der Waals surface area contributed by atoms with E-state index in [1.807, 2.05) is 0 Å². The second-order valence-corrected chi connectivity index (χ2v) is 9.33. The first kappa shape index (κ1) is 20.2. The van der Waals surface area contributed by atoms with E-state index in [9.17, 15) is 0 Å². The topological polar surface area (TPSA) is 0 Å². The summed E-state index contributed by atoms with van der Waals surface area (Å²) in [7, 11) is -0.240. The maximum absolute atomic E-state index is 2.44. The second kappa shape index (κ2) is 10.8. The first-order valence-corrected chi connectivity index (χ1v) is 11.7. The minimum absolute atomic E-state index is 0.240. The van der Waals surface area contributed by atoms with Gasteiger partial charge in [-0.3, -0.25) is 0 Å². The predicted octanol–water partition coefficient (Wildman–Crippen LogP) is 6.52. The summed E-state index contributed by atoms with van der Waals surface area (Å²) in [6, 6.07) is 16.2. The highest BCUT2D eigenvalue weighted by Crippen LogP contribution is 2.38. The molecule has 0 spiro atoms. The molecule has 0 nitrogen and oxygen atoms in total. The average molecular weight is 355 g/mol. The second-order valence-electron chi connectivity index (χ2n) is 7.06. The van der Waals surface area contributed by atoms with Crippen LogP contribution in [0.1, 0.15) is 69.6 Å². The van der Waals surface area contributed by atoms with E-state index in [2.05, 4.69) is 70.2 Å². The standard InChI is InChI=1S/C24H35P/c1-5-8-14-21-15-12-18-24(22(21)16-9-6-2)25(19-7-3)23-17-11-10-13-20(23)4/h10-13,15,17-18H,5-9,14,16,19H2,1-4H3. The monoisotopic (exact) mass is 354 g/mol. The molecule has 136 valence electrons. The molecule has 0 N–H and O–H groups in total. The molecule has 25 heavy (non-hydrogen) atoms. The minimum Gasteiger partial charge on any atom is -0.0654 e. The molecule has 0 saturated heterocycles. The molecule has 2 aromatic rings. The van der Waals surface area contributed by atoms with Crippen molar-refractivity contribution in [3.8, 4) is 0 Å². The first-order valence-electron chi connectivity index (χ1n) is 10.2. The van der Waals surface area contributed by atoms with Gasteiger partial charge in [0.2, 0.25) is 0 Å². The van der Waals surface area contributed by atoms with E-state index in [0.29, 0.717) is 0 Å². The van der Waals surface area contributed by atoms with E-state index in [-0.39, 0.29) is 7.92 Å². The summed E-state index contributed by atoms with van der Waals surface area (Å²) in [6.07, 6.45) is 10.2. The van der Waals surface area contributed by atoms with Crippen molar-refractivity contribution >= 4 is 18.5 Å². The van der Waals surface area contributed by atoms with Gasteiger partial charge >= 0.3 is 0 Å². The maximum atomic E-state index is 2.44. The van der Waals surface area contributed by atoms with E-state index in [1.54, 1.807) is 21.7 Å². The molecular formula is C24H35P. The number of aryl methyl sites for hydroxylation is 2. The molecule has 2 aromatic carbocycles. The van der Waals surface area contributed by atoms with Crippen molar-refractivity contribution in [2.24, 2.45) is 0 Å². The molecule has 1 unspecified atom stereocenters. The fraction of sp³-hybridized carbons (Fsp3) is 0.500. The van der Waals surface area contributed by atoms with Crippen molar-refractivity contribution in [2.45, 2.75) is 72.6 Å². The molecular weight excluding hydrogens is 319 g/mol. The summed E-state index contributed by atoms with van der Waals surface area (Å²) < 4.78 is 0. The summed E-state index contributed by atoms with van der Waals surface area (Å²) in [6.45, 7) is 9.23. The van der Waals surface area contributed by atoms with Crippen LogP contribution in [-0.4, -0.2) is 6.16 Å². The summed E-state index contributed by atoms with van der Waals surface area (Å²) in [5.74, 6) is 0. The van der Waals surface area contributed by atoms with Crippen molar-refractivity contribution in [3.63, 3.8) is 0 Å². The summed E-state index contributed by atoms with van der Waals surface area (Å²) >= 11 is 0. The molecule has 0 aliphatic heterocycles. The minimum atomic E-state index is -0.240. The van der Waals surface area contributed by atoms with Gasteiger partial charge in [0.1, 0.15) is 0 Å². The lowest BCUT2D eigenvalue weighted by Gasteiger charge is -2.25. The highest BCUT2D eigenvalue weighted by molar-refractivity contribution is 7.73. The Morgan fingerprint density at radius 2 is 1.40 bits per heavy atom. The third kappa shape index (κ3) is 5.42. The zero-order valence-electron chi connectivity index (χ0n) is 16.6. The van der Waals surface area contributed by atoms with E-state index in [1.165, 1.54) is 56.7 Å². The molecule has 1 heteroatoms. The fourth-order valence-corrected chi connectivity index (χ4v) is 6.38. The molecule has 1 atom stereocenters. The Hall–Kier alpha value is -1.13. The number of benzene rings is 2. The van der Waals surface area contributed by atoms with Crippen molar-refractivity contribution in [3.05, 3.63) is 59.2 Å². The van der Waals surface area contributed by atoms with Gasteiger partial charge in [-0.05, 0) is 74.0 Å². The van der Waals surface area contributed by atoms with Gasteiger partial charge in [-0.25, -0.2) is 0 Å². The largest absolute Gasteiger partial charge is 0.0654 e. The van der Waals surface area contributed by atoms with Crippen LogP contribution in [0.2, 0.25) is 0 Å². The smallest absolute Gasteiger partial charge is 0.0160 e. The zero-order valence-corrected chi connectivity index (χ0v) is 17.5. The SMILES string of the molecule is CCCCc1cccc(P(CCC)c2ccccc2C)c1CCCC. The Bertz CT molecular complexity index is 644. The van der Waals surface area contributed by atoms with Crippen molar-refractivity contribution in [2.75, 3.05) is 6.16 Å². The first-order chi connectivity index (χ1) is 12.2. The lowest BCUT2D eigenvalue weighted by Crippen LogP contribution is -2.21. The summed E-state index contributed by atoms with van der Waals surface area (Å²) in [4.78, 5) is 0. The Morgan fingerprint density at radius 1 is 0.720 bits per heavy atom. The summed E-state index contributed by atoms with van der Waals surface area (Å²) in [5, 5.41) is 3.25. The van der Waals surface area contributed by atoms with Gasteiger partial charge in [0.05, 0.1) is 0 Å². The fourth-order valence-electron chi connectivity index (χ4n) is 3.58. The van der Waals surface area contributed by atoms with Crippen molar-refractivity contribution in [1.82, 2.24) is 0 Å². The van der Waals surface area contributed by atoms with Gasteiger partial charge < -0.3 is 0 Å². The molecule has 0 fully saturated rings. The normalized spacial score (nSPS) is 12.3. The molecule has 0 radical (unpaired) electrons. The van der Waals surface area contributed by atoms with Gasteiger partial charge in [-0.1, -0.05) is 82.5 Å². The van der Waals surface area contributed by atoms with E-state index >= 15 is 0 Å². The summed E-state index contributed by atoms with van der Waals surface area (Å²) in [5.41, 5.74) is 4.76. The Morgan fingerprint density at radius 3 is 2.08 bits per heavy atom. The number of unbranched alkanes of at least 4 members (excludes halogenated alkanes) is 2. The van der Waals surface area contributed by atoms with Crippen molar-refractivity contribution in [1.29, 1.82) is 0 Å². The molecule has 0 amide bonds. The van der Waals surface area contributed by atoms with Crippen LogP contribution in [0.15, 0.2) is 42.5 Å². The van der Waals surface area contributed by atoms with Crippen LogP contribution in [-0.2, 0) is 12.8 Å². The molecule has 2 rings (SSSR count). The third-order valence-electron chi connectivity index (χ3n) is 4.97. The lowest BCUT2D eigenvalue weighted by atomic mass is 9.98. The van der Waals surface area contributed by atoms with Crippen molar-refractivity contribution < 1.29 is 0 Å². The Kier molecular flexibility index (Phi) is 8.70. The van der Waals surface area contributed by atoms with E-state index < -0.39 is 0 Å². The molecule has 0 aliphatic rings. The van der Waals surface area contributed by atoms with Crippen LogP contribution >= 0.6 is 7.92 Å².